The Labute approximate surface area is 96.3 Å². The fourth-order valence-corrected chi connectivity index (χ4v) is 2.18. The van der Waals surface area contributed by atoms with E-state index in [4.69, 9.17) is 5.11 Å². The highest BCUT2D eigenvalue weighted by atomic mass is 16.3. The van der Waals surface area contributed by atoms with Gasteiger partial charge in [0.05, 0.1) is 12.7 Å². The standard InChI is InChI=1S/C13H19NO2/c1-10-8-12(3-2-11(10)9-15)14-6-4-13(16)5-7-14/h2-3,8,13,15-16H,4-7,9H2,1H3. The molecule has 1 aromatic rings. The van der Waals surface area contributed by atoms with Gasteiger partial charge in [0.25, 0.3) is 0 Å². The molecule has 0 unspecified atom stereocenters. The van der Waals surface area contributed by atoms with Crippen LogP contribution in [0.2, 0.25) is 0 Å². The van der Waals surface area contributed by atoms with Crippen LogP contribution in [0.5, 0.6) is 0 Å². The lowest BCUT2D eigenvalue weighted by atomic mass is 10.0. The molecule has 0 radical (unpaired) electrons. The van der Waals surface area contributed by atoms with Crippen molar-refractivity contribution >= 4 is 5.69 Å². The minimum atomic E-state index is -0.130. The average Bonchev–Trinajstić information content (AvgIpc) is 2.30. The quantitative estimate of drug-likeness (QED) is 0.794. The highest BCUT2D eigenvalue weighted by Crippen LogP contribution is 2.22. The summed E-state index contributed by atoms with van der Waals surface area (Å²) in [6.45, 7) is 3.96. The summed E-state index contributed by atoms with van der Waals surface area (Å²) in [7, 11) is 0. The molecule has 16 heavy (non-hydrogen) atoms. The highest BCUT2D eigenvalue weighted by molar-refractivity contribution is 5.51. The maximum absolute atomic E-state index is 9.45. The van der Waals surface area contributed by atoms with Gasteiger partial charge in [0.15, 0.2) is 0 Å². The predicted molar refractivity (Wildman–Crippen MR) is 64.6 cm³/mol. The fraction of sp³-hybridized carbons (Fsp3) is 0.538. The van der Waals surface area contributed by atoms with E-state index in [1.165, 1.54) is 5.69 Å². The van der Waals surface area contributed by atoms with Crippen molar-refractivity contribution < 1.29 is 10.2 Å². The first kappa shape index (κ1) is 11.4. The predicted octanol–water partition coefficient (Wildman–Crippen LogP) is 1.45. The molecule has 3 nitrogen and oxygen atoms in total. The van der Waals surface area contributed by atoms with Crippen molar-refractivity contribution in [2.45, 2.75) is 32.5 Å². The molecule has 2 N–H and O–H groups in total. The topological polar surface area (TPSA) is 43.7 Å². The molecule has 1 aliphatic rings. The van der Waals surface area contributed by atoms with Crippen LogP contribution in [0, 0.1) is 6.92 Å². The zero-order valence-corrected chi connectivity index (χ0v) is 9.69. The lowest BCUT2D eigenvalue weighted by Gasteiger charge is -2.31. The second-order valence-electron chi connectivity index (χ2n) is 4.49. The Hall–Kier alpha value is -1.06. The molecule has 1 heterocycles. The van der Waals surface area contributed by atoms with E-state index in [2.05, 4.69) is 17.0 Å². The summed E-state index contributed by atoms with van der Waals surface area (Å²) in [4.78, 5) is 2.29. The zero-order valence-electron chi connectivity index (χ0n) is 9.69. The van der Waals surface area contributed by atoms with E-state index in [9.17, 15) is 5.11 Å². The van der Waals surface area contributed by atoms with Crippen LogP contribution in [0.1, 0.15) is 24.0 Å². The minimum Gasteiger partial charge on any atom is -0.393 e. The van der Waals surface area contributed by atoms with E-state index in [1.54, 1.807) is 0 Å². The Morgan fingerprint density at radius 1 is 1.31 bits per heavy atom. The smallest absolute Gasteiger partial charge is 0.0684 e. The number of aliphatic hydroxyl groups is 2. The second-order valence-corrected chi connectivity index (χ2v) is 4.49. The molecule has 0 aliphatic carbocycles. The number of hydrogen-bond acceptors (Lipinski definition) is 3. The first-order chi connectivity index (χ1) is 7.70. The molecule has 0 bridgehead atoms. The molecule has 1 fully saturated rings. The van der Waals surface area contributed by atoms with Crippen molar-refractivity contribution in [2.24, 2.45) is 0 Å². The maximum atomic E-state index is 9.45. The molecular weight excluding hydrogens is 202 g/mol. The number of piperidine rings is 1. The summed E-state index contributed by atoms with van der Waals surface area (Å²) in [6, 6.07) is 6.15. The van der Waals surface area contributed by atoms with Gasteiger partial charge in [0.2, 0.25) is 0 Å². The summed E-state index contributed by atoms with van der Waals surface area (Å²) in [5.74, 6) is 0. The first-order valence-corrected chi connectivity index (χ1v) is 5.84. The molecule has 1 saturated heterocycles. The molecule has 3 heteroatoms. The Morgan fingerprint density at radius 3 is 2.56 bits per heavy atom. The minimum absolute atomic E-state index is 0.102. The second kappa shape index (κ2) is 4.85. The van der Waals surface area contributed by atoms with Crippen molar-refractivity contribution in [1.29, 1.82) is 0 Å². The van der Waals surface area contributed by atoms with Crippen molar-refractivity contribution in [3.63, 3.8) is 0 Å². The van der Waals surface area contributed by atoms with Crippen LogP contribution in [-0.4, -0.2) is 29.4 Å². The van der Waals surface area contributed by atoms with Crippen LogP contribution >= 0.6 is 0 Å². The summed E-state index contributed by atoms with van der Waals surface area (Å²) >= 11 is 0. The van der Waals surface area contributed by atoms with Gasteiger partial charge in [0, 0.05) is 18.8 Å². The maximum Gasteiger partial charge on any atom is 0.0684 e. The van der Waals surface area contributed by atoms with Crippen molar-refractivity contribution in [2.75, 3.05) is 18.0 Å². The van der Waals surface area contributed by atoms with E-state index in [1.807, 2.05) is 13.0 Å². The van der Waals surface area contributed by atoms with Gasteiger partial charge in [0.1, 0.15) is 0 Å². The highest BCUT2D eigenvalue weighted by Gasteiger charge is 2.17. The SMILES string of the molecule is Cc1cc(N2CCC(O)CC2)ccc1CO. The number of nitrogens with zero attached hydrogens (tertiary/aromatic N) is 1. The third-order valence-corrected chi connectivity index (χ3v) is 3.33. The Balaban J connectivity index is 2.12. The zero-order chi connectivity index (χ0) is 11.5. The van der Waals surface area contributed by atoms with E-state index in [-0.39, 0.29) is 12.7 Å². The van der Waals surface area contributed by atoms with E-state index in [0.717, 1.165) is 37.1 Å². The number of benzene rings is 1. The summed E-state index contributed by atoms with van der Waals surface area (Å²) in [6.07, 6.45) is 1.57. The van der Waals surface area contributed by atoms with Gasteiger partial charge in [-0.1, -0.05) is 6.07 Å². The van der Waals surface area contributed by atoms with E-state index >= 15 is 0 Å². The van der Waals surface area contributed by atoms with Crippen LogP contribution < -0.4 is 4.90 Å². The van der Waals surface area contributed by atoms with Gasteiger partial charge in [-0.2, -0.15) is 0 Å². The summed E-state index contributed by atoms with van der Waals surface area (Å²) in [5.41, 5.74) is 3.31. The molecular formula is C13H19NO2. The third-order valence-electron chi connectivity index (χ3n) is 3.33. The van der Waals surface area contributed by atoms with Gasteiger partial charge < -0.3 is 15.1 Å². The molecule has 0 saturated carbocycles. The van der Waals surface area contributed by atoms with Crippen molar-refractivity contribution in [3.05, 3.63) is 29.3 Å². The van der Waals surface area contributed by atoms with Crippen LogP contribution in [-0.2, 0) is 6.61 Å². The van der Waals surface area contributed by atoms with Crippen molar-refractivity contribution in [1.82, 2.24) is 0 Å². The van der Waals surface area contributed by atoms with Gasteiger partial charge in [-0.15, -0.1) is 0 Å². The third kappa shape index (κ3) is 2.36. The van der Waals surface area contributed by atoms with E-state index < -0.39 is 0 Å². The van der Waals surface area contributed by atoms with Gasteiger partial charge in [-0.05, 0) is 43.0 Å². The molecule has 1 aliphatic heterocycles. The summed E-state index contributed by atoms with van der Waals surface area (Å²) in [5, 5.41) is 18.6. The molecule has 0 amide bonds. The molecule has 0 spiro atoms. The monoisotopic (exact) mass is 221 g/mol. The summed E-state index contributed by atoms with van der Waals surface area (Å²) < 4.78 is 0. The van der Waals surface area contributed by atoms with Crippen LogP contribution in [0.3, 0.4) is 0 Å². The van der Waals surface area contributed by atoms with Gasteiger partial charge >= 0.3 is 0 Å². The molecule has 0 aromatic heterocycles. The van der Waals surface area contributed by atoms with Crippen LogP contribution in [0.25, 0.3) is 0 Å². The number of aryl methyl sites for hydroxylation is 1. The molecule has 2 rings (SSSR count). The molecule has 88 valence electrons. The van der Waals surface area contributed by atoms with Gasteiger partial charge in [-0.25, -0.2) is 0 Å². The van der Waals surface area contributed by atoms with E-state index in [0.29, 0.717) is 0 Å². The normalized spacial score (nSPS) is 17.8. The van der Waals surface area contributed by atoms with Gasteiger partial charge in [-0.3, -0.25) is 0 Å². The van der Waals surface area contributed by atoms with Crippen molar-refractivity contribution in [3.8, 4) is 0 Å². The Kier molecular flexibility index (Phi) is 3.46. The fourth-order valence-electron chi connectivity index (χ4n) is 2.18. The van der Waals surface area contributed by atoms with Crippen LogP contribution in [0.4, 0.5) is 5.69 Å². The number of aliphatic hydroxyl groups excluding tert-OH is 2. The largest absolute Gasteiger partial charge is 0.393 e. The van der Waals surface area contributed by atoms with Crippen LogP contribution in [0.15, 0.2) is 18.2 Å². The molecule has 1 aromatic carbocycles. The number of hydrogen-bond donors (Lipinski definition) is 2. The first-order valence-electron chi connectivity index (χ1n) is 5.84. The average molecular weight is 221 g/mol. The molecule has 0 atom stereocenters. The lowest BCUT2D eigenvalue weighted by molar-refractivity contribution is 0.145. The number of rotatable bonds is 2. The Bertz CT molecular complexity index is 357. The Morgan fingerprint density at radius 2 is 2.00 bits per heavy atom. The number of anilines is 1. The lowest BCUT2D eigenvalue weighted by Crippen LogP contribution is -2.35.